The third-order valence-electron chi connectivity index (χ3n) is 2.62. The molecule has 1 heterocycles. The van der Waals surface area contributed by atoms with Gasteiger partial charge in [-0.05, 0) is 5.56 Å². The minimum Gasteiger partial charge on any atom is -0.307 e. The molecule has 0 radical (unpaired) electrons. The Kier molecular flexibility index (Phi) is 3.45. The number of nitrogens with one attached hydrogen (secondary N) is 1. The Labute approximate surface area is 89.2 Å². The molecule has 0 aromatic heterocycles. The first-order valence-corrected chi connectivity index (χ1v) is 5.26. The highest BCUT2D eigenvalue weighted by Gasteiger charge is 2.21. The second kappa shape index (κ2) is 5.03. The van der Waals surface area contributed by atoms with Gasteiger partial charge in [0.1, 0.15) is 6.17 Å². The van der Waals surface area contributed by atoms with Gasteiger partial charge >= 0.3 is 0 Å². The fourth-order valence-electron chi connectivity index (χ4n) is 1.69. The Morgan fingerprint density at radius 3 is 2.87 bits per heavy atom. The molecule has 3 heteroatoms. The summed E-state index contributed by atoms with van der Waals surface area (Å²) < 4.78 is 13.4. The Hall–Kier alpha value is -1.22. The summed E-state index contributed by atoms with van der Waals surface area (Å²) in [4.78, 5) is 3.92. The predicted octanol–water partition coefficient (Wildman–Crippen LogP) is 1.96. The van der Waals surface area contributed by atoms with Crippen LogP contribution >= 0.6 is 0 Å². The van der Waals surface area contributed by atoms with Gasteiger partial charge in [-0.1, -0.05) is 30.3 Å². The molecule has 0 spiro atoms. The summed E-state index contributed by atoms with van der Waals surface area (Å²) in [5.74, 6) is 0. The summed E-state index contributed by atoms with van der Waals surface area (Å²) in [6, 6.07) is 9.96. The van der Waals surface area contributed by atoms with Gasteiger partial charge in [0, 0.05) is 25.2 Å². The van der Waals surface area contributed by atoms with Crippen LogP contribution in [0, 0.1) is 0 Å². The van der Waals surface area contributed by atoms with Gasteiger partial charge in [0.25, 0.3) is 0 Å². The molecular weight excluding hydrogens is 191 g/mol. The van der Waals surface area contributed by atoms with Crippen LogP contribution in [-0.2, 0) is 6.54 Å². The fourth-order valence-corrected chi connectivity index (χ4v) is 1.69. The van der Waals surface area contributed by atoms with E-state index in [1.807, 2.05) is 30.3 Å². The van der Waals surface area contributed by atoms with E-state index in [-0.39, 0.29) is 6.04 Å². The summed E-state index contributed by atoms with van der Waals surface area (Å²) in [5.41, 5.74) is 1.19. The quantitative estimate of drug-likeness (QED) is 0.803. The molecule has 0 unspecified atom stereocenters. The van der Waals surface area contributed by atoms with Crippen LogP contribution in [0.3, 0.4) is 0 Å². The molecule has 1 N–H and O–H groups in total. The van der Waals surface area contributed by atoms with Gasteiger partial charge in [-0.2, -0.15) is 0 Å². The van der Waals surface area contributed by atoms with Crippen LogP contribution in [0.5, 0.6) is 0 Å². The maximum atomic E-state index is 13.4. The van der Waals surface area contributed by atoms with E-state index in [1.165, 1.54) is 5.56 Å². The molecule has 0 amide bonds. The predicted molar refractivity (Wildman–Crippen MR) is 59.9 cm³/mol. The minimum absolute atomic E-state index is 0.0808. The fraction of sp³-hybridized carbons (Fsp3) is 0.417. The molecule has 0 saturated heterocycles. The number of rotatable bonds is 3. The van der Waals surface area contributed by atoms with Gasteiger partial charge < -0.3 is 5.32 Å². The molecule has 80 valence electrons. The zero-order valence-electron chi connectivity index (χ0n) is 8.57. The average molecular weight is 206 g/mol. The summed E-state index contributed by atoms with van der Waals surface area (Å²) >= 11 is 0. The van der Waals surface area contributed by atoms with Gasteiger partial charge in [0.05, 0.1) is 6.54 Å². The number of alkyl halides is 1. The summed E-state index contributed by atoms with van der Waals surface area (Å²) in [6.07, 6.45) is 1.64. The average Bonchev–Trinajstić information content (AvgIpc) is 2.29. The maximum Gasteiger partial charge on any atom is 0.135 e. The first-order chi connectivity index (χ1) is 7.36. The maximum absolute atomic E-state index is 13.4. The first-order valence-electron chi connectivity index (χ1n) is 5.26. The topological polar surface area (TPSA) is 24.4 Å². The Morgan fingerprint density at radius 1 is 1.33 bits per heavy atom. The van der Waals surface area contributed by atoms with Crippen LogP contribution < -0.4 is 5.32 Å². The van der Waals surface area contributed by atoms with E-state index in [0.717, 1.165) is 6.54 Å². The number of nitrogens with zero attached hydrogens (tertiary/aromatic N) is 1. The molecule has 0 bridgehead atoms. The van der Waals surface area contributed by atoms with Crippen molar-refractivity contribution in [2.75, 3.05) is 6.54 Å². The second-order valence-electron chi connectivity index (χ2n) is 3.77. The number of hydrogen-bond donors (Lipinski definition) is 1. The lowest BCUT2D eigenvalue weighted by molar-refractivity contribution is 0.252. The van der Waals surface area contributed by atoms with E-state index in [1.54, 1.807) is 6.21 Å². The lowest BCUT2D eigenvalue weighted by atomic mass is 10.1. The van der Waals surface area contributed by atoms with E-state index in [4.69, 9.17) is 0 Å². The summed E-state index contributed by atoms with van der Waals surface area (Å²) in [5, 5.41) is 3.22. The van der Waals surface area contributed by atoms with Crippen molar-refractivity contribution in [3.05, 3.63) is 35.9 Å². The molecule has 1 aromatic carbocycles. The molecule has 2 nitrogen and oxygen atoms in total. The molecule has 15 heavy (non-hydrogen) atoms. The highest BCUT2D eigenvalue weighted by Crippen LogP contribution is 2.09. The first kappa shape index (κ1) is 10.3. The lowest BCUT2D eigenvalue weighted by Crippen LogP contribution is -2.41. The normalized spacial score (nSPS) is 25.4. The van der Waals surface area contributed by atoms with Crippen molar-refractivity contribution < 1.29 is 4.39 Å². The third kappa shape index (κ3) is 2.86. The Balaban J connectivity index is 1.85. The number of benzene rings is 1. The van der Waals surface area contributed by atoms with Crippen molar-refractivity contribution >= 4 is 6.21 Å². The van der Waals surface area contributed by atoms with Gasteiger partial charge in [-0.15, -0.1) is 0 Å². The lowest BCUT2D eigenvalue weighted by Gasteiger charge is -2.22. The minimum atomic E-state index is -0.848. The molecule has 2 rings (SSSR count). The molecule has 0 aliphatic carbocycles. The molecule has 1 aliphatic heterocycles. The molecule has 0 fully saturated rings. The highest BCUT2D eigenvalue weighted by molar-refractivity contribution is 5.59. The van der Waals surface area contributed by atoms with Gasteiger partial charge in [0.15, 0.2) is 0 Å². The van der Waals surface area contributed by atoms with Gasteiger partial charge in [0.2, 0.25) is 0 Å². The monoisotopic (exact) mass is 206 g/mol. The standard InChI is InChI=1S/C12H15FN2/c13-11-9-14-7-6-12(11)15-8-10-4-2-1-3-5-10/h1-5,7,11-12,15H,6,8-9H2/t11-,12+/m1/s1. The van der Waals surface area contributed by atoms with Crippen LogP contribution in [-0.4, -0.2) is 25.0 Å². The molecule has 0 saturated carbocycles. The SMILES string of the molecule is F[C@@H]1CN=CC[C@@H]1NCc1ccccc1. The molecule has 1 aliphatic rings. The van der Waals surface area contributed by atoms with Crippen molar-refractivity contribution in [3.8, 4) is 0 Å². The van der Waals surface area contributed by atoms with Crippen molar-refractivity contribution in [2.45, 2.75) is 25.2 Å². The van der Waals surface area contributed by atoms with Crippen LogP contribution in [0.25, 0.3) is 0 Å². The second-order valence-corrected chi connectivity index (χ2v) is 3.77. The van der Waals surface area contributed by atoms with E-state index < -0.39 is 6.17 Å². The van der Waals surface area contributed by atoms with Crippen molar-refractivity contribution in [1.29, 1.82) is 0 Å². The molecule has 2 atom stereocenters. The van der Waals surface area contributed by atoms with Crippen molar-refractivity contribution in [2.24, 2.45) is 4.99 Å². The highest BCUT2D eigenvalue weighted by atomic mass is 19.1. The summed E-state index contributed by atoms with van der Waals surface area (Å²) in [7, 11) is 0. The third-order valence-corrected chi connectivity index (χ3v) is 2.62. The van der Waals surface area contributed by atoms with Crippen molar-refractivity contribution in [3.63, 3.8) is 0 Å². The number of aliphatic imine (C=N–C) groups is 1. The number of hydrogen-bond acceptors (Lipinski definition) is 2. The Bertz CT molecular complexity index is 324. The Morgan fingerprint density at radius 2 is 2.13 bits per heavy atom. The van der Waals surface area contributed by atoms with E-state index in [2.05, 4.69) is 10.3 Å². The van der Waals surface area contributed by atoms with Crippen LogP contribution in [0.15, 0.2) is 35.3 Å². The summed E-state index contributed by atoms with van der Waals surface area (Å²) in [6.45, 7) is 1.02. The van der Waals surface area contributed by atoms with E-state index in [0.29, 0.717) is 13.0 Å². The smallest absolute Gasteiger partial charge is 0.135 e. The van der Waals surface area contributed by atoms with Crippen molar-refractivity contribution in [1.82, 2.24) is 5.32 Å². The van der Waals surface area contributed by atoms with E-state index >= 15 is 0 Å². The number of halogens is 1. The van der Waals surface area contributed by atoms with Crippen LogP contribution in [0.2, 0.25) is 0 Å². The zero-order chi connectivity index (χ0) is 10.5. The molecule has 1 aromatic rings. The van der Waals surface area contributed by atoms with E-state index in [9.17, 15) is 4.39 Å². The van der Waals surface area contributed by atoms with Crippen LogP contribution in [0.1, 0.15) is 12.0 Å². The van der Waals surface area contributed by atoms with Crippen LogP contribution in [0.4, 0.5) is 4.39 Å². The molecular formula is C12H15FN2. The zero-order valence-corrected chi connectivity index (χ0v) is 8.57. The largest absolute Gasteiger partial charge is 0.307 e. The van der Waals surface area contributed by atoms with Gasteiger partial charge in [-0.3, -0.25) is 4.99 Å². The van der Waals surface area contributed by atoms with Gasteiger partial charge in [-0.25, -0.2) is 4.39 Å².